The van der Waals surface area contributed by atoms with Gasteiger partial charge in [0.15, 0.2) is 0 Å². The van der Waals surface area contributed by atoms with E-state index in [9.17, 15) is 0 Å². The Hall–Kier alpha value is -1.17. The van der Waals surface area contributed by atoms with Crippen LogP contribution in [0.3, 0.4) is 0 Å². The molecule has 0 saturated heterocycles. The van der Waals surface area contributed by atoms with Crippen LogP contribution in [0, 0.1) is 11.8 Å². The van der Waals surface area contributed by atoms with Crippen LogP contribution in [0.5, 0.6) is 0 Å². The minimum Gasteiger partial charge on any atom is -0.175 e. The highest BCUT2D eigenvalue weighted by Gasteiger charge is 1.96. The second kappa shape index (κ2) is 5.95. The van der Waals surface area contributed by atoms with E-state index in [2.05, 4.69) is 46.5 Å². The first-order valence-corrected chi connectivity index (χ1v) is 6.69. The molecule has 0 radical (unpaired) electrons. The highest BCUT2D eigenvalue weighted by molar-refractivity contribution is 9.10. The maximum absolute atomic E-state index is 4.30. The van der Waals surface area contributed by atoms with Crippen molar-refractivity contribution < 1.29 is 0 Å². The summed E-state index contributed by atoms with van der Waals surface area (Å²) in [7, 11) is 0. The molecule has 0 aromatic heterocycles. The van der Waals surface area contributed by atoms with Crippen molar-refractivity contribution in [2.75, 3.05) is 0 Å². The van der Waals surface area contributed by atoms with Gasteiger partial charge in [0.05, 0.1) is 0 Å². The molecule has 0 N–H and O–H groups in total. The Morgan fingerprint density at radius 3 is 2.18 bits per heavy atom. The van der Waals surface area contributed by atoms with Crippen LogP contribution >= 0.6 is 28.6 Å². The van der Waals surface area contributed by atoms with Gasteiger partial charge in [-0.1, -0.05) is 42.2 Å². The molecule has 0 atom stereocenters. The van der Waals surface area contributed by atoms with Gasteiger partial charge in [-0.3, -0.25) is 0 Å². The van der Waals surface area contributed by atoms with Gasteiger partial charge in [-0.05, 0) is 39.7 Å². The van der Waals surface area contributed by atoms with Gasteiger partial charge < -0.3 is 0 Å². The molecule has 2 heteroatoms. The van der Waals surface area contributed by atoms with E-state index in [-0.39, 0.29) is 0 Å². The molecule has 0 spiro atoms. The van der Waals surface area contributed by atoms with Crippen LogP contribution < -0.4 is 0 Å². The van der Waals surface area contributed by atoms with E-state index < -0.39 is 0 Å². The largest absolute Gasteiger partial charge is 0.175 e. The lowest BCUT2D eigenvalue weighted by Gasteiger charge is -1.99. The molecule has 0 aliphatic rings. The van der Waals surface area contributed by atoms with Crippen molar-refractivity contribution in [3.05, 3.63) is 69.7 Å². The predicted octanol–water partition coefficient (Wildman–Crippen LogP) is 4.28. The number of hydrogen-bond donors (Lipinski definition) is 1. The third-order valence-electron chi connectivity index (χ3n) is 2.39. The van der Waals surface area contributed by atoms with Crippen molar-refractivity contribution in [1.29, 1.82) is 0 Å². The van der Waals surface area contributed by atoms with Crippen LogP contribution in [0.2, 0.25) is 0 Å². The summed E-state index contributed by atoms with van der Waals surface area (Å²) < 4.78 is 1.02. The zero-order valence-corrected chi connectivity index (χ0v) is 11.6. The molecule has 0 aliphatic carbocycles. The molecule has 0 nitrogen and oxygen atoms in total. The highest BCUT2D eigenvalue weighted by Crippen LogP contribution is 2.15. The molecule has 2 aromatic carbocycles. The normalized spacial score (nSPS) is 9.53. The number of halogens is 1. The molecular formula is C15H11BrS. The molecular weight excluding hydrogens is 292 g/mol. The second-order valence-electron chi connectivity index (χ2n) is 3.55. The first-order chi connectivity index (χ1) is 8.31. The predicted molar refractivity (Wildman–Crippen MR) is 79.3 cm³/mol. The maximum Gasteiger partial charge on any atom is 0.0391 e. The van der Waals surface area contributed by atoms with Gasteiger partial charge in [-0.25, -0.2) is 0 Å². The first-order valence-electron chi connectivity index (χ1n) is 5.26. The molecule has 0 heterocycles. The molecule has 2 rings (SSSR count). The number of thiol groups is 1. The van der Waals surface area contributed by atoms with Crippen molar-refractivity contribution in [3.8, 4) is 11.8 Å². The smallest absolute Gasteiger partial charge is 0.0391 e. The van der Waals surface area contributed by atoms with Crippen molar-refractivity contribution in [1.82, 2.24) is 0 Å². The molecule has 0 saturated carbocycles. The summed E-state index contributed by atoms with van der Waals surface area (Å²) in [5.41, 5.74) is 3.20. The van der Waals surface area contributed by atoms with Crippen molar-refractivity contribution >= 4 is 28.6 Å². The quantitative estimate of drug-likeness (QED) is 0.590. The van der Waals surface area contributed by atoms with Crippen LogP contribution in [0.25, 0.3) is 0 Å². The first kappa shape index (κ1) is 12.3. The summed E-state index contributed by atoms with van der Waals surface area (Å²) in [5, 5.41) is 0. The Morgan fingerprint density at radius 2 is 1.47 bits per heavy atom. The van der Waals surface area contributed by atoms with E-state index in [1.165, 1.54) is 0 Å². The van der Waals surface area contributed by atoms with Crippen LogP contribution in [0.4, 0.5) is 0 Å². The van der Waals surface area contributed by atoms with E-state index in [0.717, 1.165) is 21.2 Å². The van der Waals surface area contributed by atoms with Gasteiger partial charge in [0.25, 0.3) is 0 Å². The molecule has 2 aromatic rings. The lowest BCUT2D eigenvalue weighted by molar-refractivity contribution is 1.40. The highest BCUT2D eigenvalue weighted by atomic mass is 79.9. The van der Waals surface area contributed by atoms with Crippen molar-refractivity contribution in [3.63, 3.8) is 0 Å². The zero-order valence-electron chi connectivity index (χ0n) is 9.15. The molecule has 0 fully saturated rings. The molecule has 84 valence electrons. The van der Waals surface area contributed by atoms with Crippen LogP contribution in [-0.2, 0) is 5.75 Å². The van der Waals surface area contributed by atoms with Gasteiger partial charge in [0.2, 0.25) is 0 Å². The summed E-state index contributed by atoms with van der Waals surface area (Å²) in [6.07, 6.45) is 0. The van der Waals surface area contributed by atoms with Crippen molar-refractivity contribution in [2.24, 2.45) is 0 Å². The lowest BCUT2D eigenvalue weighted by Crippen LogP contribution is -1.85. The van der Waals surface area contributed by atoms with Gasteiger partial charge >= 0.3 is 0 Å². The second-order valence-corrected chi connectivity index (χ2v) is 4.72. The van der Waals surface area contributed by atoms with Gasteiger partial charge in [0.1, 0.15) is 0 Å². The fourth-order valence-corrected chi connectivity index (χ4v) is 2.14. The molecule has 0 bridgehead atoms. The summed E-state index contributed by atoms with van der Waals surface area (Å²) in [4.78, 5) is 0. The third-order valence-corrected chi connectivity index (χ3v) is 3.43. The summed E-state index contributed by atoms with van der Waals surface area (Å²) in [5.74, 6) is 7.07. The molecule has 0 amide bonds. The standard InChI is InChI=1S/C15H11BrS/c16-15-8-4-3-6-13(15)10-9-12-5-1-2-7-14(12)11-17/h1-8,17H,11H2. The van der Waals surface area contributed by atoms with Crippen LogP contribution in [0.15, 0.2) is 53.0 Å². The van der Waals surface area contributed by atoms with E-state index in [1.807, 2.05) is 42.5 Å². The average molecular weight is 303 g/mol. The van der Waals surface area contributed by atoms with E-state index in [1.54, 1.807) is 0 Å². The Bertz CT molecular complexity index is 579. The summed E-state index contributed by atoms with van der Waals surface area (Å²) in [6.45, 7) is 0. The minimum atomic E-state index is 0.709. The molecule has 0 aliphatic heterocycles. The van der Waals surface area contributed by atoms with Gasteiger partial charge in [-0.2, -0.15) is 12.6 Å². The topological polar surface area (TPSA) is 0 Å². The fourth-order valence-electron chi connectivity index (χ4n) is 1.48. The maximum atomic E-state index is 4.30. The number of benzene rings is 2. The fraction of sp³-hybridized carbons (Fsp3) is 0.0667. The molecule has 0 unspecified atom stereocenters. The molecule has 17 heavy (non-hydrogen) atoms. The average Bonchev–Trinajstić information content (AvgIpc) is 2.38. The minimum absolute atomic E-state index is 0.709. The van der Waals surface area contributed by atoms with Gasteiger partial charge in [-0.15, -0.1) is 0 Å². The van der Waals surface area contributed by atoms with Crippen LogP contribution in [0.1, 0.15) is 16.7 Å². The lowest BCUT2D eigenvalue weighted by atomic mass is 10.1. The summed E-state index contributed by atoms with van der Waals surface area (Å²) in [6, 6.07) is 16.0. The number of rotatable bonds is 1. The van der Waals surface area contributed by atoms with Gasteiger partial charge in [0, 0.05) is 21.4 Å². The van der Waals surface area contributed by atoms with E-state index >= 15 is 0 Å². The van der Waals surface area contributed by atoms with Crippen molar-refractivity contribution in [2.45, 2.75) is 5.75 Å². The third kappa shape index (κ3) is 3.15. The Morgan fingerprint density at radius 1 is 0.882 bits per heavy atom. The van der Waals surface area contributed by atoms with E-state index in [0.29, 0.717) is 5.75 Å². The monoisotopic (exact) mass is 302 g/mol. The van der Waals surface area contributed by atoms with E-state index in [4.69, 9.17) is 0 Å². The Labute approximate surface area is 116 Å². The number of hydrogen-bond acceptors (Lipinski definition) is 1. The van der Waals surface area contributed by atoms with Crippen LogP contribution in [-0.4, -0.2) is 0 Å². The Balaban J connectivity index is 2.37. The Kier molecular flexibility index (Phi) is 4.30. The SMILES string of the molecule is SCc1ccccc1C#Cc1ccccc1Br. The zero-order chi connectivity index (χ0) is 12.1. The summed E-state index contributed by atoms with van der Waals surface area (Å²) >= 11 is 7.79.